The van der Waals surface area contributed by atoms with E-state index in [4.69, 9.17) is 9.47 Å². The van der Waals surface area contributed by atoms with E-state index >= 15 is 0 Å². The van der Waals surface area contributed by atoms with Crippen molar-refractivity contribution in [1.29, 1.82) is 0 Å². The molecule has 1 aliphatic heterocycles. The van der Waals surface area contributed by atoms with Gasteiger partial charge in [-0.15, -0.1) is 0 Å². The number of nitrogens with zero attached hydrogens (tertiary/aromatic N) is 2. The number of sulfone groups is 1. The zero-order chi connectivity index (χ0) is 23.6. The van der Waals surface area contributed by atoms with Crippen LogP contribution in [-0.4, -0.2) is 45.5 Å². The first-order chi connectivity index (χ1) is 15.8. The zero-order valence-corrected chi connectivity index (χ0v) is 19.4. The van der Waals surface area contributed by atoms with Gasteiger partial charge in [0.25, 0.3) is 5.91 Å². The van der Waals surface area contributed by atoms with Gasteiger partial charge in [-0.3, -0.25) is 4.79 Å². The SMILES string of the molecule is COc1ccc(C2=NN(C(=O)c3ccc(S(C)(=O)=O)cc3)C(c3ccccc3)C2)c(OC)c1. The fourth-order valence-corrected chi connectivity index (χ4v) is 4.44. The van der Waals surface area contributed by atoms with E-state index in [1.165, 1.54) is 29.3 Å². The van der Waals surface area contributed by atoms with E-state index in [1.807, 2.05) is 42.5 Å². The molecular weight excluding hydrogens is 440 g/mol. The second-order valence-corrected chi connectivity index (χ2v) is 9.71. The fourth-order valence-electron chi connectivity index (χ4n) is 3.81. The Hall–Kier alpha value is -3.65. The third kappa shape index (κ3) is 4.61. The average Bonchev–Trinajstić information content (AvgIpc) is 3.28. The quantitative estimate of drug-likeness (QED) is 0.548. The first kappa shape index (κ1) is 22.5. The maximum atomic E-state index is 13.4. The molecule has 0 N–H and O–H groups in total. The summed E-state index contributed by atoms with van der Waals surface area (Å²) in [5.74, 6) is 0.950. The van der Waals surface area contributed by atoms with Crippen LogP contribution in [0.15, 0.2) is 82.8 Å². The summed E-state index contributed by atoms with van der Waals surface area (Å²) in [6.45, 7) is 0. The Morgan fingerprint density at radius 3 is 2.27 bits per heavy atom. The molecule has 1 unspecified atom stereocenters. The lowest BCUT2D eigenvalue weighted by Gasteiger charge is -2.22. The van der Waals surface area contributed by atoms with Crippen molar-refractivity contribution < 1.29 is 22.7 Å². The molecular formula is C25H24N2O5S. The van der Waals surface area contributed by atoms with Gasteiger partial charge in [0.15, 0.2) is 9.84 Å². The van der Waals surface area contributed by atoms with Gasteiger partial charge in [0.05, 0.1) is 30.9 Å². The van der Waals surface area contributed by atoms with Crippen LogP contribution in [0.1, 0.15) is 33.9 Å². The molecule has 170 valence electrons. The Balaban J connectivity index is 1.74. The molecule has 0 saturated heterocycles. The molecule has 4 rings (SSSR count). The minimum Gasteiger partial charge on any atom is -0.497 e. The lowest BCUT2D eigenvalue weighted by molar-refractivity contribution is 0.0711. The minimum atomic E-state index is -3.35. The summed E-state index contributed by atoms with van der Waals surface area (Å²) in [6.07, 6.45) is 1.63. The summed E-state index contributed by atoms with van der Waals surface area (Å²) >= 11 is 0. The number of hydrogen-bond donors (Lipinski definition) is 0. The van der Waals surface area contributed by atoms with Gasteiger partial charge in [-0.2, -0.15) is 5.10 Å². The third-order valence-electron chi connectivity index (χ3n) is 5.55. The molecule has 0 aromatic heterocycles. The molecule has 0 saturated carbocycles. The normalized spacial score (nSPS) is 15.8. The van der Waals surface area contributed by atoms with Gasteiger partial charge in [0.2, 0.25) is 0 Å². The van der Waals surface area contributed by atoms with Crippen LogP contribution in [0.4, 0.5) is 0 Å². The number of carbonyl (C=O) groups excluding carboxylic acids is 1. The van der Waals surface area contributed by atoms with E-state index in [2.05, 4.69) is 5.10 Å². The van der Waals surface area contributed by atoms with Gasteiger partial charge in [-0.25, -0.2) is 13.4 Å². The minimum absolute atomic E-state index is 0.159. The summed E-state index contributed by atoms with van der Waals surface area (Å²) < 4.78 is 34.4. The van der Waals surface area contributed by atoms with Gasteiger partial charge in [-0.1, -0.05) is 30.3 Å². The van der Waals surface area contributed by atoms with E-state index in [0.29, 0.717) is 29.2 Å². The number of ether oxygens (including phenoxy) is 2. The van der Waals surface area contributed by atoms with Crippen LogP contribution in [0.5, 0.6) is 11.5 Å². The second kappa shape index (κ2) is 9.07. The van der Waals surface area contributed by atoms with Gasteiger partial charge < -0.3 is 9.47 Å². The molecule has 0 radical (unpaired) electrons. The monoisotopic (exact) mass is 464 g/mol. The van der Waals surface area contributed by atoms with Crippen LogP contribution < -0.4 is 9.47 Å². The summed E-state index contributed by atoms with van der Waals surface area (Å²) in [5.41, 5.74) is 2.80. The molecule has 1 heterocycles. The molecule has 1 atom stereocenters. The number of carbonyl (C=O) groups is 1. The van der Waals surface area contributed by atoms with Crippen molar-refractivity contribution in [3.8, 4) is 11.5 Å². The smallest absolute Gasteiger partial charge is 0.274 e. The number of methoxy groups -OCH3 is 2. The molecule has 8 heteroatoms. The summed E-state index contributed by atoms with van der Waals surface area (Å²) in [4.78, 5) is 13.6. The Labute approximate surface area is 193 Å². The van der Waals surface area contributed by atoms with E-state index in [1.54, 1.807) is 20.3 Å². The van der Waals surface area contributed by atoms with E-state index in [9.17, 15) is 13.2 Å². The molecule has 3 aromatic carbocycles. The van der Waals surface area contributed by atoms with E-state index in [0.717, 1.165) is 17.4 Å². The fraction of sp³-hybridized carbons (Fsp3) is 0.200. The van der Waals surface area contributed by atoms with Crippen molar-refractivity contribution >= 4 is 21.5 Å². The molecule has 7 nitrogen and oxygen atoms in total. The standard InChI is InChI=1S/C25H24N2O5S/c1-31-19-11-14-21(24(15-19)32-2)22-16-23(17-7-5-4-6-8-17)27(26-22)25(28)18-9-12-20(13-10-18)33(3,29)30/h4-15,23H,16H2,1-3H3. The molecule has 33 heavy (non-hydrogen) atoms. The highest BCUT2D eigenvalue weighted by molar-refractivity contribution is 7.90. The lowest BCUT2D eigenvalue weighted by atomic mass is 9.97. The van der Waals surface area contributed by atoms with Crippen molar-refractivity contribution in [2.75, 3.05) is 20.5 Å². The Morgan fingerprint density at radius 2 is 1.67 bits per heavy atom. The molecule has 3 aromatic rings. The van der Waals surface area contributed by atoms with Crippen LogP contribution >= 0.6 is 0 Å². The van der Waals surface area contributed by atoms with Crippen LogP contribution in [-0.2, 0) is 9.84 Å². The molecule has 0 spiro atoms. The summed E-state index contributed by atoms with van der Waals surface area (Å²) in [5, 5.41) is 6.15. The molecule has 1 aliphatic rings. The lowest BCUT2D eigenvalue weighted by Crippen LogP contribution is -2.27. The van der Waals surface area contributed by atoms with E-state index < -0.39 is 9.84 Å². The number of hydrogen-bond acceptors (Lipinski definition) is 6. The van der Waals surface area contributed by atoms with Gasteiger partial charge >= 0.3 is 0 Å². The Kier molecular flexibility index (Phi) is 6.20. The number of amides is 1. The van der Waals surface area contributed by atoms with Crippen molar-refractivity contribution in [2.45, 2.75) is 17.4 Å². The van der Waals surface area contributed by atoms with Crippen molar-refractivity contribution in [3.63, 3.8) is 0 Å². The van der Waals surface area contributed by atoms with Crippen LogP contribution in [0.25, 0.3) is 0 Å². The Morgan fingerprint density at radius 1 is 0.970 bits per heavy atom. The van der Waals surface area contributed by atoms with Crippen LogP contribution in [0.2, 0.25) is 0 Å². The first-order valence-electron chi connectivity index (χ1n) is 10.3. The summed E-state index contributed by atoms with van der Waals surface area (Å²) in [7, 11) is -0.189. The van der Waals surface area contributed by atoms with Crippen LogP contribution in [0.3, 0.4) is 0 Å². The molecule has 0 fully saturated rings. The maximum Gasteiger partial charge on any atom is 0.274 e. The third-order valence-corrected chi connectivity index (χ3v) is 6.68. The molecule has 0 bridgehead atoms. The van der Waals surface area contributed by atoms with Crippen molar-refractivity contribution in [2.24, 2.45) is 5.10 Å². The second-order valence-electron chi connectivity index (χ2n) is 7.69. The Bertz CT molecular complexity index is 1300. The predicted octanol–water partition coefficient (Wildman–Crippen LogP) is 4.10. The van der Waals surface area contributed by atoms with Crippen molar-refractivity contribution in [1.82, 2.24) is 5.01 Å². The first-order valence-corrected chi connectivity index (χ1v) is 12.2. The van der Waals surface area contributed by atoms with Gasteiger partial charge in [0, 0.05) is 29.9 Å². The maximum absolute atomic E-state index is 13.4. The highest BCUT2D eigenvalue weighted by Crippen LogP contribution is 2.37. The number of hydrazone groups is 1. The topological polar surface area (TPSA) is 85.3 Å². The van der Waals surface area contributed by atoms with Crippen molar-refractivity contribution in [3.05, 3.63) is 89.5 Å². The van der Waals surface area contributed by atoms with E-state index in [-0.39, 0.29) is 16.8 Å². The van der Waals surface area contributed by atoms with Gasteiger partial charge in [-0.05, 0) is 42.0 Å². The van der Waals surface area contributed by atoms with Gasteiger partial charge in [0.1, 0.15) is 11.5 Å². The molecule has 1 amide bonds. The zero-order valence-electron chi connectivity index (χ0n) is 18.6. The average molecular weight is 465 g/mol. The number of rotatable bonds is 6. The summed E-state index contributed by atoms with van der Waals surface area (Å²) in [6, 6.07) is 20.8. The largest absolute Gasteiger partial charge is 0.497 e. The highest BCUT2D eigenvalue weighted by Gasteiger charge is 2.34. The molecule has 0 aliphatic carbocycles. The number of benzene rings is 3. The highest BCUT2D eigenvalue weighted by atomic mass is 32.2. The predicted molar refractivity (Wildman–Crippen MR) is 126 cm³/mol. The van der Waals surface area contributed by atoms with Crippen LogP contribution in [0, 0.1) is 0 Å².